The fourth-order valence-electron chi connectivity index (χ4n) is 2.29. The van der Waals surface area contributed by atoms with E-state index < -0.39 is 6.36 Å². The zero-order valence-electron chi connectivity index (χ0n) is 9.68. The molecule has 0 fully saturated rings. The third kappa shape index (κ3) is 3.00. The maximum atomic E-state index is 11.9. The molecule has 0 saturated heterocycles. The summed E-state index contributed by atoms with van der Waals surface area (Å²) >= 11 is 0. The Kier molecular flexibility index (Phi) is 3.42. The monoisotopic (exact) mass is 248 g/mol. The van der Waals surface area contributed by atoms with E-state index in [4.69, 9.17) is 0 Å². The number of alkyl halides is 3. The van der Waals surface area contributed by atoms with E-state index in [-0.39, 0.29) is 13.2 Å². The Balaban J connectivity index is 2.03. The zero-order valence-corrected chi connectivity index (χ0v) is 9.68. The first kappa shape index (κ1) is 12.4. The first-order valence-corrected chi connectivity index (χ1v) is 5.73. The van der Waals surface area contributed by atoms with Crippen molar-refractivity contribution < 1.29 is 17.9 Å². The quantitative estimate of drug-likeness (QED) is 0.822. The Labute approximate surface area is 97.6 Å². The number of aryl methyl sites for hydroxylation is 2. The summed E-state index contributed by atoms with van der Waals surface area (Å²) in [6, 6.07) is 0. The largest absolute Gasteiger partial charge is 0.522 e. The Morgan fingerprint density at radius 3 is 2.71 bits per heavy atom. The molecule has 0 N–H and O–H groups in total. The summed E-state index contributed by atoms with van der Waals surface area (Å²) < 4.78 is 41.3. The first-order valence-electron chi connectivity index (χ1n) is 5.73. The Morgan fingerprint density at radius 1 is 1.29 bits per heavy atom. The average molecular weight is 248 g/mol. The highest BCUT2D eigenvalue weighted by Gasteiger charge is 2.29. The van der Waals surface area contributed by atoms with Crippen molar-refractivity contribution in [1.29, 1.82) is 0 Å². The van der Waals surface area contributed by atoms with Crippen molar-refractivity contribution in [3.05, 3.63) is 17.2 Å². The van der Waals surface area contributed by atoms with Gasteiger partial charge in [0, 0.05) is 12.2 Å². The van der Waals surface area contributed by atoms with Gasteiger partial charge in [-0.05, 0) is 32.6 Å². The number of imidazole rings is 1. The number of rotatable bonds is 3. The standard InChI is InChI=1S/C11H15F3N2O/c1-8-15-9-4-2-3-5-10(9)16(8)6-7-17-11(12,13)14/h2-7H2,1H3. The third-order valence-electron chi connectivity index (χ3n) is 3.00. The Hall–Kier alpha value is -1.04. The van der Waals surface area contributed by atoms with Gasteiger partial charge in [0.05, 0.1) is 12.3 Å². The minimum absolute atomic E-state index is 0.216. The minimum atomic E-state index is -4.55. The smallest absolute Gasteiger partial charge is 0.330 e. The molecule has 0 radical (unpaired) electrons. The van der Waals surface area contributed by atoms with Crippen LogP contribution in [-0.2, 0) is 24.1 Å². The normalized spacial score (nSPS) is 16.0. The number of halogens is 3. The van der Waals surface area contributed by atoms with Gasteiger partial charge in [-0.2, -0.15) is 0 Å². The van der Waals surface area contributed by atoms with Gasteiger partial charge in [0.25, 0.3) is 0 Å². The van der Waals surface area contributed by atoms with E-state index >= 15 is 0 Å². The van der Waals surface area contributed by atoms with Crippen molar-refractivity contribution in [2.45, 2.75) is 45.5 Å². The lowest BCUT2D eigenvalue weighted by Crippen LogP contribution is -2.19. The summed E-state index contributed by atoms with van der Waals surface area (Å²) in [5, 5.41) is 0. The van der Waals surface area contributed by atoms with Gasteiger partial charge in [0.1, 0.15) is 5.82 Å². The molecule has 0 saturated carbocycles. The van der Waals surface area contributed by atoms with E-state index in [2.05, 4.69) is 9.72 Å². The second-order valence-electron chi connectivity index (χ2n) is 4.21. The first-order chi connectivity index (χ1) is 7.97. The summed E-state index contributed by atoms with van der Waals surface area (Å²) in [4.78, 5) is 4.39. The molecule has 17 heavy (non-hydrogen) atoms. The topological polar surface area (TPSA) is 27.1 Å². The Morgan fingerprint density at radius 2 is 2.00 bits per heavy atom. The summed E-state index contributed by atoms with van der Waals surface area (Å²) in [5.74, 6) is 0.780. The molecular formula is C11H15F3N2O. The molecule has 2 rings (SSSR count). The van der Waals surface area contributed by atoms with E-state index in [1.165, 1.54) is 0 Å². The lowest BCUT2D eigenvalue weighted by Gasteiger charge is -2.15. The number of hydrogen-bond acceptors (Lipinski definition) is 2. The molecule has 0 spiro atoms. The van der Waals surface area contributed by atoms with Crippen LogP contribution in [0.25, 0.3) is 0 Å². The molecule has 0 amide bonds. The molecule has 1 aromatic rings. The molecule has 3 nitrogen and oxygen atoms in total. The number of fused-ring (bicyclic) bond motifs is 1. The molecule has 1 aliphatic carbocycles. The van der Waals surface area contributed by atoms with Crippen LogP contribution in [-0.4, -0.2) is 22.5 Å². The molecule has 0 aliphatic heterocycles. The highest BCUT2D eigenvalue weighted by atomic mass is 19.4. The highest BCUT2D eigenvalue weighted by molar-refractivity contribution is 5.19. The van der Waals surface area contributed by atoms with Crippen LogP contribution in [0.2, 0.25) is 0 Å². The molecule has 0 unspecified atom stereocenters. The van der Waals surface area contributed by atoms with Crippen LogP contribution in [0.3, 0.4) is 0 Å². The van der Waals surface area contributed by atoms with Gasteiger partial charge < -0.3 is 4.57 Å². The predicted octanol–water partition coefficient (Wildman–Crippen LogP) is 2.61. The average Bonchev–Trinajstić information content (AvgIpc) is 2.54. The van der Waals surface area contributed by atoms with Crippen LogP contribution >= 0.6 is 0 Å². The van der Waals surface area contributed by atoms with Gasteiger partial charge in [-0.1, -0.05) is 0 Å². The lowest BCUT2D eigenvalue weighted by molar-refractivity contribution is -0.325. The van der Waals surface area contributed by atoms with E-state index in [1.807, 2.05) is 11.5 Å². The second kappa shape index (κ2) is 4.68. The fraction of sp³-hybridized carbons (Fsp3) is 0.727. The molecule has 0 aromatic carbocycles. The van der Waals surface area contributed by atoms with Crippen LogP contribution in [0.15, 0.2) is 0 Å². The van der Waals surface area contributed by atoms with Gasteiger partial charge in [-0.25, -0.2) is 4.98 Å². The van der Waals surface area contributed by atoms with E-state index in [0.29, 0.717) is 0 Å². The highest BCUT2D eigenvalue weighted by Crippen LogP contribution is 2.22. The van der Waals surface area contributed by atoms with Gasteiger partial charge >= 0.3 is 6.36 Å². The summed E-state index contributed by atoms with van der Waals surface area (Å²) in [5.41, 5.74) is 2.13. The van der Waals surface area contributed by atoms with Gasteiger partial charge in [-0.3, -0.25) is 4.74 Å². The molecule has 6 heteroatoms. The molecule has 96 valence electrons. The number of ether oxygens (including phenoxy) is 1. The lowest BCUT2D eigenvalue weighted by atomic mass is 10.0. The third-order valence-corrected chi connectivity index (χ3v) is 3.00. The van der Waals surface area contributed by atoms with Crippen LogP contribution < -0.4 is 0 Å². The Bertz CT molecular complexity index is 398. The molecule has 1 aliphatic rings. The summed E-state index contributed by atoms with van der Waals surface area (Å²) in [6.07, 6.45) is -0.513. The van der Waals surface area contributed by atoms with Crippen molar-refractivity contribution >= 4 is 0 Å². The van der Waals surface area contributed by atoms with Gasteiger partial charge in [-0.15, -0.1) is 13.2 Å². The van der Waals surface area contributed by atoms with Crippen LogP contribution in [0.1, 0.15) is 30.1 Å². The zero-order chi connectivity index (χ0) is 12.5. The summed E-state index contributed by atoms with van der Waals surface area (Å²) in [7, 11) is 0. The van der Waals surface area contributed by atoms with Gasteiger partial charge in [0.2, 0.25) is 0 Å². The van der Waals surface area contributed by atoms with E-state index in [9.17, 15) is 13.2 Å². The molecular weight excluding hydrogens is 233 g/mol. The maximum absolute atomic E-state index is 11.9. The van der Waals surface area contributed by atoms with Crippen molar-refractivity contribution in [1.82, 2.24) is 9.55 Å². The van der Waals surface area contributed by atoms with Crippen molar-refractivity contribution in [2.75, 3.05) is 6.61 Å². The van der Waals surface area contributed by atoms with Crippen LogP contribution in [0.5, 0.6) is 0 Å². The van der Waals surface area contributed by atoms with E-state index in [1.54, 1.807) is 0 Å². The minimum Gasteiger partial charge on any atom is -0.330 e. The fourth-order valence-corrected chi connectivity index (χ4v) is 2.29. The van der Waals surface area contributed by atoms with E-state index in [0.717, 1.165) is 42.9 Å². The van der Waals surface area contributed by atoms with Crippen molar-refractivity contribution in [3.8, 4) is 0 Å². The van der Waals surface area contributed by atoms with Crippen LogP contribution in [0.4, 0.5) is 13.2 Å². The van der Waals surface area contributed by atoms with Crippen molar-refractivity contribution in [2.24, 2.45) is 0 Å². The SMILES string of the molecule is Cc1nc2c(n1CCOC(F)(F)F)CCCC2. The molecule has 1 aromatic heterocycles. The summed E-state index contributed by atoms with van der Waals surface area (Å²) in [6.45, 7) is 1.69. The van der Waals surface area contributed by atoms with Crippen molar-refractivity contribution in [3.63, 3.8) is 0 Å². The molecule has 1 heterocycles. The predicted molar refractivity (Wildman–Crippen MR) is 55.6 cm³/mol. The van der Waals surface area contributed by atoms with Gasteiger partial charge in [0.15, 0.2) is 0 Å². The number of nitrogens with zero attached hydrogens (tertiary/aromatic N) is 2. The number of aromatic nitrogens is 2. The molecule has 0 atom stereocenters. The molecule has 0 bridgehead atoms. The van der Waals surface area contributed by atoms with Crippen LogP contribution in [0, 0.1) is 6.92 Å². The second-order valence-corrected chi connectivity index (χ2v) is 4.21. The maximum Gasteiger partial charge on any atom is 0.522 e. The number of hydrogen-bond donors (Lipinski definition) is 0.